The van der Waals surface area contributed by atoms with Crippen LogP contribution < -0.4 is 9.64 Å². The molecule has 0 saturated heterocycles. The van der Waals surface area contributed by atoms with E-state index in [1.165, 1.54) is 0 Å². The van der Waals surface area contributed by atoms with Crippen LogP contribution in [0.3, 0.4) is 0 Å². The average molecular weight is 299 g/mol. The van der Waals surface area contributed by atoms with E-state index in [-0.39, 0.29) is 0 Å². The van der Waals surface area contributed by atoms with E-state index in [9.17, 15) is 0 Å². The highest BCUT2D eigenvalue weighted by Crippen LogP contribution is 2.32. The van der Waals surface area contributed by atoms with Gasteiger partial charge in [0, 0.05) is 18.1 Å². The minimum Gasteiger partial charge on any atom is -0.491 e. The number of ether oxygens (including phenoxy) is 1. The first-order chi connectivity index (χ1) is 10.3. The third kappa shape index (κ3) is 2.96. The largest absolute Gasteiger partial charge is 0.491 e. The van der Waals surface area contributed by atoms with E-state index in [1.54, 1.807) is 12.1 Å². The minimum atomic E-state index is 0.586. The molecule has 0 radical (unpaired) electrons. The summed E-state index contributed by atoms with van der Waals surface area (Å²) in [6, 6.07) is 15.6. The van der Waals surface area contributed by atoms with Crippen LogP contribution in [0.15, 0.2) is 42.5 Å². The Morgan fingerprint density at radius 1 is 1.24 bits per heavy atom. The predicted molar refractivity (Wildman–Crippen MR) is 83.8 cm³/mol. The van der Waals surface area contributed by atoms with Crippen LogP contribution in [-0.4, -0.2) is 13.2 Å². The van der Waals surface area contributed by atoms with E-state index in [0.717, 1.165) is 36.6 Å². The lowest BCUT2D eigenvalue weighted by Gasteiger charge is -2.24. The lowest BCUT2D eigenvalue weighted by Crippen LogP contribution is -2.23. The number of fused-ring (bicyclic) bond motifs is 1. The van der Waals surface area contributed by atoms with Gasteiger partial charge in [0.05, 0.1) is 23.9 Å². The Labute approximate surface area is 129 Å². The van der Waals surface area contributed by atoms with E-state index in [4.69, 9.17) is 21.6 Å². The summed E-state index contributed by atoms with van der Waals surface area (Å²) in [7, 11) is 0. The molecule has 0 fully saturated rings. The van der Waals surface area contributed by atoms with Crippen molar-refractivity contribution >= 4 is 17.3 Å². The van der Waals surface area contributed by atoms with Crippen molar-refractivity contribution in [1.82, 2.24) is 0 Å². The van der Waals surface area contributed by atoms with Crippen LogP contribution in [-0.2, 0) is 6.54 Å². The number of anilines is 1. The molecule has 0 atom stereocenters. The van der Waals surface area contributed by atoms with Crippen molar-refractivity contribution < 1.29 is 4.74 Å². The van der Waals surface area contributed by atoms with E-state index >= 15 is 0 Å². The molecule has 21 heavy (non-hydrogen) atoms. The standard InChI is InChI=1S/C17H15ClN2O/c18-15-10-13(11-19)6-7-14(15)12-20-8-3-9-21-17-5-2-1-4-16(17)20/h1-2,4-7,10H,3,8-9,12H2. The number of halogens is 1. The van der Waals surface area contributed by atoms with Gasteiger partial charge >= 0.3 is 0 Å². The van der Waals surface area contributed by atoms with Gasteiger partial charge in [0.1, 0.15) is 5.75 Å². The summed E-state index contributed by atoms with van der Waals surface area (Å²) in [5.41, 5.74) is 2.70. The van der Waals surface area contributed by atoms with Gasteiger partial charge in [-0.25, -0.2) is 0 Å². The first-order valence-corrected chi connectivity index (χ1v) is 7.31. The van der Waals surface area contributed by atoms with Gasteiger partial charge in [-0.05, 0) is 36.2 Å². The maximum absolute atomic E-state index is 8.91. The number of nitriles is 1. The molecule has 0 aromatic heterocycles. The van der Waals surface area contributed by atoms with Crippen molar-refractivity contribution in [2.45, 2.75) is 13.0 Å². The van der Waals surface area contributed by atoms with Crippen molar-refractivity contribution in [3.05, 3.63) is 58.6 Å². The van der Waals surface area contributed by atoms with Gasteiger partial charge in [-0.1, -0.05) is 29.8 Å². The molecular formula is C17H15ClN2O. The van der Waals surface area contributed by atoms with E-state index in [0.29, 0.717) is 17.1 Å². The number of nitrogens with zero attached hydrogens (tertiary/aromatic N) is 2. The fourth-order valence-corrected chi connectivity index (χ4v) is 2.75. The third-order valence-corrected chi connectivity index (χ3v) is 3.93. The van der Waals surface area contributed by atoms with Crippen molar-refractivity contribution in [1.29, 1.82) is 5.26 Å². The van der Waals surface area contributed by atoms with Crippen molar-refractivity contribution in [2.24, 2.45) is 0 Å². The first kappa shape index (κ1) is 13.8. The average Bonchev–Trinajstić information content (AvgIpc) is 2.72. The Morgan fingerprint density at radius 3 is 2.90 bits per heavy atom. The van der Waals surface area contributed by atoms with E-state index in [2.05, 4.69) is 17.0 Å². The second-order valence-corrected chi connectivity index (χ2v) is 5.42. The molecule has 0 bridgehead atoms. The summed E-state index contributed by atoms with van der Waals surface area (Å²) in [6.07, 6.45) is 0.975. The number of hydrogen-bond acceptors (Lipinski definition) is 3. The molecule has 106 valence electrons. The summed E-state index contributed by atoms with van der Waals surface area (Å²) in [6.45, 7) is 2.37. The molecule has 0 N–H and O–H groups in total. The Balaban J connectivity index is 1.90. The Morgan fingerprint density at radius 2 is 2.10 bits per heavy atom. The molecule has 2 aromatic carbocycles. The molecule has 0 amide bonds. The third-order valence-electron chi connectivity index (χ3n) is 3.58. The summed E-state index contributed by atoms with van der Waals surface area (Å²) < 4.78 is 5.77. The molecule has 0 spiro atoms. The van der Waals surface area contributed by atoms with Crippen molar-refractivity contribution in [2.75, 3.05) is 18.1 Å². The molecule has 1 heterocycles. The topological polar surface area (TPSA) is 36.3 Å². The molecule has 3 nitrogen and oxygen atoms in total. The second-order valence-electron chi connectivity index (χ2n) is 5.01. The molecule has 0 saturated carbocycles. The van der Waals surface area contributed by atoms with Gasteiger partial charge in [0.15, 0.2) is 0 Å². The predicted octanol–water partition coefficient (Wildman–Crippen LogP) is 4.00. The quantitative estimate of drug-likeness (QED) is 0.841. The van der Waals surface area contributed by atoms with E-state index < -0.39 is 0 Å². The van der Waals surface area contributed by atoms with Crippen molar-refractivity contribution in [3.63, 3.8) is 0 Å². The summed E-state index contributed by atoms with van der Waals surface area (Å²) in [4.78, 5) is 2.27. The highest BCUT2D eigenvalue weighted by molar-refractivity contribution is 6.31. The lowest BCUT2D eigenvalue weighted by atomic mass is 10.1. The minimum absolute atomic E-state index is 0.586. The Hall–Kier alpha value is -2.18. The molecule has 2 aromatic rings. The molecule has 1 aliphatic rings. The Kier molecular flexibility index (Phi) is 3.98. The number of rotatable bonds is 2. The highest BCUT2D eigenvalue weighted by Gasteiger charge is 2.17. The maximum atomic E-state index is 8.91. The molecule has 1 aliphatic heterocycles. The van der Waals surface area contributed by atoms with Crippen LogP contribution in [0.5, 0.6) is 5.75 Å². The molecular weight excluding hydrogens is 284 g/mol. The maximum Gasteiger partial charge on any atom is 0.142 e. The molecule has 0 unspecified atom stereocenters. The van der Waals surface area contributed by atoms with Crippen LogP contribution in [0.2, 0.25) is 5.02 Å². The number of hydrogen-bond donors (Lipinski definition) is 0. The van der Waals surface area contributed by atoms with Crippen LogP contribution in [0.4, 0.5) is 5.69 Å². The van der Waals surface area contributed by atoms with Gasteiger partial charge < -0.3 is 9.64 Å². The fourth-order valence-electron chi connectivity index (χ4n) is 2.51. The summed E-state index contributed by atoms with van der Waals surface area (Å²) >= 11 is 6.29. The zero-order valence-electron chi connectivity index (χ0n) is 11.6. The zero-order chi connectivity index (χ0) is 14.7. The molecule has 3 rings (SSSR count). The van der Waals surface area contributed by atoms with Crippen molar-refractivity contribution in [3.8, 4) is 11.8 Å². The van der Waals surface area contributed by atoms with Crippen LogP contribution in [0, 0.1) is 11.3 Å². The van der Waals surface area contributed by atoms with Crippen LogP contribution in [0.1, 0.15) is 17.5 Å². The SMILES string of the molecule is N#Cc1ccc(CN2CCCOc3ccccc32)c(Cl)c1. The normalized spacial score (nSPS) is 13.8. The van der Waals surface area contributed by atoms with Crippen LogP contribution >= 0.6 is 11.6 Å². The zero-order valence-corrected chi connectivity index (χ0v) is 12.3. The fraction of sp³-hybridized carbons (Fsp3) is 0.235. The molecule has 4 heteroatoms. The van der Waals surface area contributed by atoms with Gasteiger partial charge in [0.25, 0.3) is 0 Å². The smallest absolute Gasteiger partial charge is 0.142 e. The molecule has 0 aliphatic carbocycles. The van der Waals surface area contributed by atoms with E-state index in [1.807, 2.05) is 24.3 Å². The highest BCUT2D eigenvalue weighted by atomic mass is 35.5. The van der Waals surface area contributed by atoms with Crippen LogP contribution in [0.25, 0.3) is 0 Å². The van der Waals surface area contributed by atoms with Gasteiger partial charge in [-0.3, -0.25) is 0 Å². The van der Waals surface area contributed by atoms with Gasteiger partial charge in [-0.2, -0.15) is 5.26 Å². The van der Waals surface area contributed by atoms with Gasteiger partial charge in [0.2, 0.25) is 0 Å². The monoisotopic (exact) mass is 298 g/mol. The first-order valence-electron chi connectivity index (χ1n) is 6.93. The summed E-state index contributed by atoms with van der Waals surface area (Å²) in [5.74, 6) is 0.916. The Bertz CT molecular complexity index is 693. The summed E-state index contributed by atoms with van der Waals surface area (Å²) in [5, 5.41) is 9.54. The lowest BCUT2D eigenvalue weighted by molar-refractivity contribution is 0.322. The van der Waals surface area contributed by atoms with Gasteiger partial charge in [-0.15, -0.1) is 0 Å². The second kappa shape index (κ2) is 6.07. The number of benzene rings is 2. The number of para-hydroxylation sites is 2.